The third-order valence-electron chi connectivity index (χ3n) is 2.62. The zero-order valence-electron chi connectivity index (χ0n) is 13.1. The van der Waals surface area contributed by atoms with Gasteiger partial charge in [0, 0.05) is 20.3 Å². The second-order valence-electron chi connectivity index (χ2n) is 4.47. The Morgan fingerprint density at radius 1 is 1.35 bits per heavy atom. The first kappa shape index (κ1) is 18.4. The zero-order valence-corrected chi connectivity index (χ0v) is 13.1. The Labute approximate surface area is 135 Å². The maximum absolute atomic E-state index is 11.5. The maximum Gasteiger partial charge on any atom is 0.329 e. The summed E-state index contributed by atoms with van der Waals surface area (Å²) in [5.41, 5.74) is 2.89. The Morgan fingerprint density at radius 3 is 2.91 bits per heavy atom. The smallest absolute Gasteiger partial charge is 0.329 e. The lowest BCUT2D eigenvalue weighted by Gasteiger charge is -2.04. The second kappa shape index (κ2) is 11.0. The summed E-state index contributed by atoms with van der Waals surface area (Å²) in [7, 11) is 1.57. The Morgan fingerprint density at radius 2 is 2.17 bits per heavy atom. The number of carbonyl (C=O) groups is 2. The van der Waals surface area contributed by atoms with E-state index in [1.54, 1.807) is 37.5 Å². The first-order valence-electron chi connectivity index (χ1n) is 7.11. The molecule has 1 rings (SSSR count). The fourth-order valence-electron chi connectivity index (χ4n) is 1.55. The zero-order chi connectivity index (χ0) is 16.9. The molecule has 0 saturated heterocycles. The molecule has 0 bridgehead atoms. The monoisotopic (exact) mass is 319 g/mol. The third kappa shape index (κ3) is 7.77. The summed E-state index contributed by atoms with van der Waals surface area (Å²) in [6.45, 7) is 4.86. The molecule has 1 aromatic rings. The lowest BCUT2D eigenvalue weighted by Crippen LogP contribution is -2.38. The lowest BCUT2D eigenvalue weighted by molar-refractivity contribution is -0.139. The summed E-state index contributed by atoms with van der Waals surface area (Å²) in [6.07, 6.45) is 3.71. The van der Waals surface area contributed by atoms with Crippen molar-refractivity contribution in [3.8, 4) is 5.75 Å². The summed E-state index contributed by atoms with van der Waals surface area (Å²) >= 11 is 0. The second-order valence-corrected chi connectivity index (χ2v) is 4.47. The van der Waals surface area contributed by atoms with Gasteiger partial charge in [0.25, 0.3) is 0 Å². The van der Waals surface area contributed by atoms with Crippen LogP contribution in [0.2, 0.25) is 0 Å². The first-order chi connectivity index (χ1) is 11.2. The molecule has 2 N–H and O–H groups in total. The highest BCUT2D eigenvalue weighted by atomic mass is 16.5. The number of rotatable bonds is 9. The van der Waals surface area contributed by atoms with Gasteiger partial charge in [0.2, 0.25) is 0 Å². The Kier molecular flexibility index (Phi) is 8.77. The van der Waals surface area contributed by atoms with Crippen LogP contribution in [0.5, 0.6) is 5.75 Å². The van der Waals surface area contributed by atoms with Crippen molar-refractivity contribution in [1.82, 2.24) is 10.7 Å². The number of nitrogens with one attached hydrogen (secondary N) is 2. The summed E-state index contributed by atoms with van der Waals surface area (Å²) in [5.74, 6) is -0.893. The third-order valence-corrected chi connectivity index (χ3v) is 2.62. The summed E-state index contributed by atoms with van der Waals surface area (Å²) in [6, 6.07) is 7.14. The van der Waals surface area contributed by atoms with Crippen molar-refractivity contribution in [2.75, 3.05) is 26.9 Å². The molecule has 1 aromatic carbocycles. The van der Waals surface area contributed by atoms with Crippen molar-refractivity contribution >= 4 is 18.0 Å². The van der Waals surface area contributed by atoms with E-state index < -0.39 is 11.8 Å². The van der Waals surface area contributed by atoms with Crippen LogP contribution in [0, 0.1) is 0 Å². The van der Waals surface area contributed by atoms with E-state index in [1.807, 2.05) is 0 Å². The topological polar surface area (TPSA) is 89.0 Å². The average Bonchev–Trinajstić information content (AvgIpc) is 2.57. The van der Waals surface area contributed by atoms with Gasteiger partial charge >= 0.3 is 11.8 Å². The molecule has 124 valence electrons. The van der Waals surface area contributed by atoms with E-state index in [4.69, 9.17) is 9.47 Å². The minimum atomic E-state index is -0.822. The molecule has 0 aliphatic heterocycles. The van der Waals surface area contributed by atoms with Gasteiger partial charge in [-0.2, -0.15) is 5.10 Å². The normalized spacial score (nSPS) is 10.3. The minimum Gasteiger partial charge on any atom is -0.490 e. The molecular weight excluding hydrogens is 298 g/mol. The number of ether oxygens (including phenoxy) is 2. The van der Waals surface area contributed by atoms with Gasteiger partial charge in [0.1, 0.15) is 12.4 Å². The number of nitrogens with zero attached hydrogens (tertiary/aromatic N) is 1. The van der Waals surface area contributed by atoms with E-state index in [-0.39, 0.29) is 0 Å². The van der Waals surface area contributed by atoms with Crippen LogP contribution in [0.4, 0.5) is 0 Å². The van der Waals surface area contributed by atoms with Crippen molar-refractivity contribution in [1.29, 1.82) is 0 Å². The van der Waals surface area contributed by atoms with Crippen LogP contribution < -0.4 is 15.5 Å². The van der Waals surface area contributed by atoms with Crippen LogP contribution in [-0.2, 0) is 14.3 Å². The first-order valence-corrected chi connectivity index (χ1v) is 7.11. The molecule has 0 unspecified atom stereocenters. The number of hydrogen-bond donors (Lipinski definition) is 2. The quantitative estimate of drug-likeness (QED) is 0.232. The average molecular weight is 319 g/mol. The molecule has 0 saturated carbocycles. The Balaban J connectivity index is 2.41. The SMILES string of the molecule is C=CCOc1cccc(/C=N/NC(=O)C(=O)NCCCOC)c1. The van der Waals surface area contributed by atoms with Gasteiger partial charge in [-0.25, -0.2) is 5.43 Å². The predicted octanol–water partition coefficient (Wildman–Crippen LogP) is 0.854. The van der Waals surface area contributed by atoms with Gasteiger partial charge in [-0.3, -0.25) is 9.59 Å². The molecule has 0 heterocycles. The molecule has 2 amide bonds. The summed E-state index contributed by atoms with van der Waals surface area (Å²) in [5, 5.41) is 6.21. The fraction of sp³-hybridized carbons (Fsp3) is 0.312. The highest BCUT2D eigenvalue weighted by molar-refractivity contribution is 6.35. The molecule has 0 aliphatic carbocycles. The predicted molar refractivity (Wildman–Crippen MR) is 87.4 cm³/mol. The summed E-state index contributed by atoms with van der Waals surface area (Å²) in [4.78, 5) is 23.0. The number of hydrazone groups is 1. The molecule has 0 radical (unpaired) electrons. The van der Waals surface area contributed by atoms with Crippen LogP contribution in [0.15, 0.2) is 42.0 Å². The van der Waals surface area contributed by atoms with E-state index in [0.29, 0.717) is 31.9 Å². The van der Waals surface area contributed by atoms with Gasteiger partial charge in [-0.05, 0) is 24.1 Å². The van der Waals surface area contributed by atoms with E-state index in [2.05, 4.69) is 22.4 Å². The van der Waals surface area contributed by atoms with Crippen LogP contribution in [0.3, 0.4) is 0 Å². The largest absolute Gasteiger partial charge is 0.490 e. The molecule has 0 fully saturated rings. The van der Waals surface area contributed by atoms with Crippen molar-refractivity contribution in [2.45, 2.75) is 6.42 Å². The van der Waals surface area contributed by atoms with Gasteiger partial charge in [-0.1, -0.05) is 24.8 Å². The molecule has 7 nitrogen and oxygen atoms in total. The number of methoxy groups -OCH3 is 1. The van der Waals surface area contributed by atoms with E-state index in [9.17, 15) is 9.59 Å². The van der Waals surface area contributed by atoms with Gasteiger partial charge in [0.05, 0.1) is 6.21 Å². The highest BCUT2D eigenvalue weighted by Crippen LogP contribution is 2.11. The molecular formula is C16H21N3O4. The number of hydrogen-bond acceptors (Lipinski definition) is 5. The molecule has 7 heteroatoms. The number of carbonyl (C=O) groups excluding carboxylic acids is 2. The van der Waals surface area contributed by atoms with E-state index in [0.717, 1.165) is 5.56 Å². The molecule has 0 aliphatic rings. The maximum atomic E-state index is 11.5. The van der Waals surface area contributed by atoms with Crippen molar-refractivity contribution < 1.29 is 19.1 Å². The van der Waals surface area contributed by atoms with Crippen LogP contribution in [0.25, 0.3) is 0 Å². The van der Waals surface area contributed by atoms with Crippen LogP contribution in [-0.4, -0.2) is 44.9 Å². The van der Waals surface area contributed by atoms with E-state index in [1.165, 1.54) is 6.21 Å². The van der Waals surface area contributed by atoms with Gasteiger partial charge < -0.3 is 14.8 Å². The van der Waals surface area contributed by atoms with E-state index >= 15 is 0 Å². The van der Waals surface area contributed by atoms with Crippen molar-refractivity contribution in [2.24, 2.45) is 5.10 Å². The van der Waals surface area contributed by atoms with Gasteiger partial charge in [-0.15, -0.1) is 0 Å². The molecule has 0 aromatic heterocycles. The molecule has 0 spiro atoms. The lowest BCUT2D eigenvalue weighted by atomic mass is 10.2. The molecule has 0 atom stereocenters. The standard InChI is InChI=1S/C16H21N3O4/c1-3-9-23-14-7-4-6-13(11-14)12-18-19-16(21)15(20)17-8-5-10-22-2/h3-4,6-7,11-12H,1,5,8-10H2,2H3,(H,17,20)(H,19,21)/b18-12+. The van der Waals surface area contributed by atoms with Crippen LogP contribution >= 0.6 is 0 Å². The van der Waals surface area contributed by atoms with Crippen molar-refractivity contribution in [3.05, 3.63) is 42.5 Å². The van der Waals surface area contributed by atoms with Crippen molar-refractivity contribution in [3.63, 3.8) is 0 Å². The van der Waals surface area contributed by atoms with Crippen LogP contribution in [0.1, 0.15) is 12.0 Å². The number of benzene rings is 1. The Hall–Kier alpha value is -2.67. The fourth-order valence-corrected chi connectivity index (χ4v) is 1.55. The summed E-state index contributed by atoms with van der Waals surface area (Å²) < 4.78 is 10.2. The van der Waals surface area contributed by atoms with Gasteiger partial charge in [0.15, 0.2) is 0 Å². The molecule has 23 heavy (non-hydrogen) atoms. The number of amides is 2. The Bertz CT molecular complexity index is 558. The highest BCUT2D eigenvalue weighted by Gasteiger charge is 2.11. The minimum absolute atomic E-state index is 0.368.